The molecule has 4 heterocycles. The Balaban J connectivity index is 1.94. The predicted molar refractivity (Wildman–Crippen MR) is 64.5 cm³/mol. The maximum Gasteiger partial charge on any atom is 0.354 e. The monoisotopic (exact) mass is 248 g/mol. The lowest BCUT2D eigenvalue weighted by atomic mass is 10.1. The van der Waals surface area contributed by atoms with Gasteiger partial charge in [-0.05, 0) is 13.0 Å². The second-order valence-corrected chi connectivity index (χ2v) is 4.91. The van der Waals surface area contributed by atoms with Crippen LogP contribution in [-0.2, 0) is 0 Å². The van der Waals surface area contributed by atoms with Gasteiger partial charge in [-0.25, -0.2) is 14.8 Å². The summed E-state index contributed by atoms with van der Waals surface area (Å²) in [5, 5.41) is 9.05. The molecule has 1 aromatic heterocycles. The lowest BCUT2D eigenvalue weighted by Crippen LogP contribution is -2.57. The largest absolute Gasteiger partial charge is 0.477 e. The second-order valence-electron chi connectivity index (χ2n) is 4.91. The van der Waals surface area contributed by atoms with Crippen molar-refractivity contribution in [2.24, 2.45) is 0 Å². The highest BCUT2D eigenvalue weighted by atomic mass is 16.4. The minimum absolute atomic E-state index is 0.0927. The van der Waals surface area contributed by atoms with E-state index in [1.165, 1.54) is 6.07 Å². The van der Waals surface area contributed by atoms with E-state index in [4.69, 9.17) is 5.11 Å². The van der Waals surface area contributed by atoms with E-state index in [1.54, 1.807) is 0 Å². The van der Waals surface area contributed by atoms with Gasteiger partial charge in [0.15, 0.2) is 5.69 Å². The van der Waals surface area contributed by atoms with Crippen LogP contribution < -0.4 is 0 Å². The first-order chi connectivity index (χ1) is 8.63. The number of carbonyl (C=O) groups is 1. The highest BCUT2D eigenvalue weighted by Gasteiger charge is 2.34. The van der Waals surface area contributed by atoms with E-state index in [0.29, 0.717) is 5.82 Å². The number of aromatic carboxylic acids is 1. The number of hydrogen-bond donors (Lipinski definition) is 1. The first-order valence-corrected chi connectivity index (χ1v) is 6.19. The van der Waals surface area contributed by atoms with Gasteiger partial charge in [-0.2, -0.15) is 0 Å². The van der Waals surface area contributed by atoms with Crippen molar-refractivity contribution in [3.05, 3.63) is 23.3 Å². The zero-order valence-corrected chi connectivity index (χ0v) is 10.3. The van der Waals surface area contributed by atoms with Crippen LogP contribution in [0.1, 0.15) is 28.0 Å². The molecule has 18 heavy (non-hydrogen) atoms. The van der Waals surface area contributed by atoms with Gasteiger partial charge < -0.3 is 5.11 Å². The number of piperazine rings is 3. The lowest BCUT2D eigenvalue weighted by molar-refractivity contribution is 0.00843. The summed E-state index contributed by atoms with van der Waals surface area (Å²) in [6.07, 6.45) is 0. The molecule has 3 aliphatic rings. The molecule has 0 aliphatic carbocycles. The van der Waals surface area contributed by atoms with Gasteiger partial charge in [0.05, 0.1) is 6.04 Å². The zero-order chi connectivity index (χ0) is 12.7. The summed E-state index contributed by atoms with van der Waals surface area (Å²) in [6.45, 7) is 6.94. The molecule has 1 aromatic rings. The third-order valence-electron chi connectivity index (χ3n) is 3.67. The molecule has 1 N–H and O–H groups in total. The molecule has 4 rings (SSSR count). The molecular formula is C12H16N4O2. The average molecular weight is 248 g/mol. The van der Waals surface area contributed by atoms with E-state index in [0.717, 1.165) is 38.4 Å². The fourth-order valence-corrected chi connectivity index (χ4v) is 2.71. The molecule has 2 bridgehead atoms. The first kappa shape index (κ1) is 11.6. The Morgan fingerprint density at radius 2 is 2.06 bits per heavy atom. The predicted octanol–water partition coefficient (Wildman–Crippen LogP) is 0.156. The quantitative estimate of drug-likeness (QED) is 0.803. The van der Waals surface area contributed by atoms with Crippen LogP contribution in [0.5, 0.6) is 0 Å². The Morgan fingerprint density at radius 3 is 2.61 bits per heavy atom. The molecule has 96 valence electrons. The summed E-state index contributed by atoms with van der Waals surface area (Å²) in [5.74, 6) is -0.338. The van der Waals surface area contributed by atoms with Gasteiger partial charge in [0.25, 0.3) is 0 Å². The summed E-state index contributed by atoms with van der Waals surface area (Å²) >= 11 is 0. The molecule has 3 aliphatic heterocycles. The number of fused-ring (bicyclic) bond motifs is 3. The maximum absolute atomic E-state index is 11.0. The first-order valence-electron chi connectivity index (χ1n) is 6.19. The minimum Gasteiger partial charge on any atom is -0.477 e. The highest BCUT2D eigenvalue weighted by molar-refractivity contribution is 5.85. The van der Waals surface area contributed by atoms with Crippen LogP contribution in [0, 0.1) is 6.92 Å². The Labute approximate surface area is 105 Å². The van der Waals surface area contributed by atoms with Gasteiger partial charge in [-0.1, -0.05) is 0 Å². The summed E-state index contributed by atoms with van der Waals surface area (Å²) in [6, 6.07) is 1.66. The van der Waals surface area contributed by atoms with Gasteiger partial charge >= 0.3 is 5.97 Å². The van der Waals surface area contributed by atoms with E-state index < -0.39 is 5.97 Å². The van der Waals surface area contributed by atoms with E-state index >= 15 is 0 Å². The highest BCUT2D eigenvalue weighted by Crippen LogP contribution is 2.26. The Kier molecular flexibility index (Phi) is 2.76. The molecule has 1 unspecified atom stereocenters. The Hall–Kier alpha value is -1.53. The number of aromatic nitrogens is 2. The third-order valence-corrected chi connectivity index (χ3v) is 3.67. The molecule has 6 nitrogen and oxygen atoms in total. The van der Waals surface area contributed by atoms with Gasteiger partial charge in [0, 0.05) is 38.4 Å². The van der Waals surface area contributed by atoms with Crippen LogP contribution in [0.15, 0.2) is 6.07 Å². The van der Waals surface area contributed by atoms with Crippen LogP contribution in [0.2, 0.25) is 0 Å². The van der Waals surface area contributed by atoms with Crippen molar-refractivity contribution in [1.29, 1.82) is 0 Å². The van der Waals surface area contributed by atoms with Crippen molar-refractivity contribution in [2.45, 2.75) is 13.0 Å². The summed E-state index contributed by atoms with van der Waals surface area (Å²) in [5.41, 5.74) is 0.810. The summed E-state index contributed by atoms with van der Waals surface area (Å²) < 4.78 is 0. The minimum atomic E-state index is -0.988. The van der Waals surface area contributed by atoms with Crippen molar-refractivity contribution in [2.75, 3.05) is 32.7 Å². The smallest absolute Gasteiger partial charge is 0.354 e. The topological polar surface area (TPSA) is 69.6 Å². The van der Waals surface area contributed by atoms with Crippen molar-refractivity contribution < 1.29 is 9.90 Å². The van der Waals surface area contributed by atoms with E-state index in [1.807, 2.05) is 6.92 Å². The van der Waals surface area contributed by atoms with Crippen LogP contribution in [0.4, 0.5) is 0 Å². The third kappa shape index (κ3) is 1.97. The standard InChI is InChI=1S/C12H16N4O2/c1-8-6-9(12(17)18)14-11(13-8)10-7-15-2-4-16(10)5-3-15/h6,10H,2-5,7H2,1H3,(H,17,18). The SMILES string of the molecule is Cc1cc(C(=O)O)nc(C2CN3CCN2CC3)n1. The van der Waals surface area contributed by atoms with Crippen molar-refractivity contribution in [1.82, 2.24) is 19.8 Å². The van der Waals surface area contributed by atoms with Crippen molar-refractivity contribution in [3.8, 4) is 0 Å². The molecule has 0 spiro atoms. The molecular weight excluding hydrogens is 232 g/mol. The molecule has 0 saturated carbocycles. The average Bonchev–Trinajstić information content (AvgIpc) is 2.39. The summed E-state index contributed by atoms with van der Waals surface area (Å²) in [4.78, 5) is 24.4. The molecule has 3 fully saturated rings. The molecule has 0 radical (unpaired) electrons. The number of hydrogen-bond acceptors (Lipinski definition) is 5. The molecule has 0 aromatic carbocycles. The normalized spacial score (nSPS) is 30.4. The van der Waals surface area contributed by atoms with Crippen LogP contribution >= 0.6 is 0 Å². The van der Waals surface area contributed by atoms with Crippen LogP contribution in [0.25, 0.3) is 0 Å². The number of aryl methyl sites for hydroxylation is 1. The number of carboxylic acids is 1. The molecule has 3 saturated heterocycles. The maximum atomic E-state index is 11.0. The molecule has 1 atom stereocenters. The van der Waals surface area contributed by atoms with Gasteiger partial charge in [0.1, 0.15) is 5.82 Å². The number of carboxylic acid groups (broad SMARTS) is 1. The Morgan fingerprint density at radius 1 is 1.33 bits per heavy atom. The van der Waals surface area contributed by atoms with E-state index in [-0.39, 0.29) is 11.7 Å². The van der Waals surface area contributed by atoms with Gasteiger partial charge in [-0.3, -0.25) is 9.80 Å². The van der Waals surface area contributed by atoms with E-state index in [2.05, 4.69) is 19.8 Å². The van der Waals surface area contributed by atoms with Crippen molar-refractivity contribution in [3.63, 3.8) is 0 Å². The van der Waals surface area contributed by atoms with Crippen molar-refractivity contribution >= 4 is 5.97 Å². The van der Waals surface area contributed by atoms with Gasteiger partial charge in [-0.15, -0.1) is 0 Å². The number of nitrogens with zero attached hydrogens (tertiary/aromatic N) is 4. The fraction of sp³-hybridized carbons (Fsp3) is 0.583. The number of rotatable bonds is 2. The molecule has 6 heteroatoms. The second kappa shape index (κ2) is 4.29. The van der Waals surface area contributed by atoms with Gasteiger partial charge in [0.2, 0.25) is 0 Å². The fourth-order valence-electron chi connectivity index (χ4n) is 2.71. The van der Waals surface area contributed by atoms with Crippen LogP contribution in [-0.4, -0.2) is 63.6 Å². The zero-order valence-electron chi connectivity index (χ0n) is 10.3. The van der Waals surface area contributed by atoms with Crippen LogP contribution in [0.3, 0.4) is 0 Å². The summed E-state index contributed by atoms with van der Waals surface area (Å²) in [7, 11) is 0. The van der Waals surface area contributed by atoms with E-state index in [9.17, 15) is 4.79 Å². The Bertz CT molecular complexity index is 483. The lowest BCUT2D eigenvalue weighted by Gasteiger charge is -2.46. The molecule has 0 amide bonds.